The lowest BCUT2D eigenvalue weighted by molar-refractivity contribution is -0.385. The average molecular weight is 767 g/mol. The van der Waals surface area contributed by atoms with Crippen LogP contribution >= 0.6 is 11.8 Å². The standard InChI is InChI=1S/C33H34N8O12S/c1-16-26-25(17(2)42)30(43)39(26)27(31(44)45)28(16)54-22-11-23(38(13-22)33(47)53-15-19-5-9-21(10-6-19)41(50)51)29-35-24(36-37-29)12-34-32(46)52-14-18-3-7-20(8-4-18)40(48)49/h3-10,16-17,22-23,25-26,42H,11-15H2,1-2H3,(H,34,46)(H,44,45)(H,35,36,37)/t16-,17-,22+,23+,25-,26-/m1/s1. The van der Waals surface area contributed by atoms with E-state index in [1.54, 1.807) is 6.92 Å². The Hall–Kier alpha value is -6.09. The highest BCUT2D eigenvalue weighted by molar-refractivity contribution is 8.03. The topological polar surface area (TPSA) is 274 Å². The van der Waals surface area contributed by atoms with Gasteiger partial charge in [0.15, 0.2) is 5.82 Å². The first-order chi connectivity index (χ1) is 25.7. The van der Waals surface area contributed by atoms with E-state index in [9.17, 15) is 49.6 Å². The molecule has 3 aliphatic heterocycles. The summed E-state index contributed by atoms with van der Waals surface area (Å²) in [5, 5.41) is 51.3. The number of hydrogen-bond acceptors (Lipinski definition) is 14. The van der Waals surface area contributed by atoms with Crippen LogP contribution in [-0.4, -0.2) is 93.0 Å². The zero-order valence-electron chi connectivity index (χ0n) is 28.7. The van der Waals surface area contributed by atoms with Gasteiger partial charge < -0.3 is 29.9 Å². The van der Waals surface area contributed by atoms with Crippen LogP contribution in [-0.2, 0) is 38.8 Å². The van der Waals surface area contributed by atoms with Gasteiger partial charge in [-0.3, -0.25) is 35.0 Å². The molecule has 0 saturated carbocycles. The van der Waals surface area contributed by atoms with Gasteiger partial charge in [-0.15, -0.1) is 11.8 Å². The number of rotatable bonds is 13. The Bertz CT molecular complexity index is 2000. The quantitative estimate of drug-likeness (QED) is 0.110. The summed E-state index contributed by atoms with van der Waals surface area (Å²) in [6, 6.07) is 9.72. The highest BCUT2D eigenvalue weighted by Crippen LogP contribution is 2.53. The van der Waals surface area contributed by atoms with E-state index in [0.29, 0.717) is 16.0 Å². The molecule has 6 rings (SSSR count). The molecule has 4 heterocycles. The smallest absolute Gasteiger partial charge is 0.410 e. The predicted molar refractivity (Wildman–Crippen MR) is 185 cm³/mol. The number of alkyl carbamates (subject to hydrolysis) is 1. The Labute approximate surface area is 309 Å². The van der Waals surface area contributed by atoms with E-state index in [4.69, 9.17) is 9.47 Å². The lowest BCUT2D eigenvalue weighted by atomic mass is 9.79. The van der Waals surface area contributed by atoms with Gasteiger partial charge in [-0.1, -0.05) is 6.92 Å². The van der Waals surface area contributed by atoms with Gasteiger partial charge in [-0.25, -0.2) is 19.4 Å². The number of carboxylic acid groups (broad SMARTS) is 1. The minimum atomic E-state index is -1.28. The number of aliphatic carboxylic acids is 1. The van der Waals surface area contributed by atoms with Crippen LogP contribution in [0.1, 0.15) is 49.1 Å². The Balaban J connectivity index is 1.15. The van der Waals surface area contributed by atoms with Crippen LogP contribution in [0.2, 0.25) is 0 Å². The number of hydrogen-bond donors (Lipinski definition) is 4. The number of aromatic nitrogens is 3. The van der Waals surface area contributed by atoms with Crippen molar-refractivity contribution in [3.05, 3.63) is 102 Å². The summed E-state index contributed by atoms with van der Waals surface area (Å²) < 4.78 is 10.7. The van der Waals surface area contributed by atoms with E-state index in [1.807, 2.05) is 0 Å². The molecule has 2 aromatic carbocycles. The number of aromatic amines is 1. The number of nitrogens with zero attached hydrogens (tertiary/aromatic N) is 6. The van der Waals surface area contributed by atoms with Gasteiger partial charge in [0.25, 0.3) is 11.4 Å². The Morgan fingerprint density at radius 2 is 1.63 bits per heavy atom. The Kier molecular flexibility index (Phi) is 10.8. The number of non-ortho nitro benzene ring substituents is 2. The van der Waals surface area contributed by atoms with Crippen LogP contribution in [0, 0.1) is 32.1 Å². The van der Waals surface area contributed by atoms with E-state index in [1.165, 1.54) is 77.0 Å². The number of carbonyl (C=O) groups is 4. The molecule has 1 aromatic heterocycles. The molecule has 0 spiro atoms. The molecule has 21 heteroatoms. The average Bonchev–Trinajstić information content (AvgIpc) is 3.84. The molecule has 0 unspecified atom stereocenters. The monoisotopic (exact) mass is 766 g/mol. The second kappa shape index (κ2) is 15.5. The fourth-order valence-corrected chi connectivity index (χ4v) is 8.26. The number of thioether (sulfide) groups is 1. The summed E-state index contributed by atoms with van der Waals surface area (Å²) in [5.41, 5.74) is 0.654. The molecule has 2 fully saturated rings. The van der Waals surface area contributed by atoms with E-state index in [-0.39, 0.29) is 61.4 Å². The number of likely N-dealkylation sites (tertiary alicyclic amines) is 1. The van der Waals surface area contributed by atoms with Crippen molar-refractivity contribution in [2.24, 2.45) is 11.8 Å². The minimum absolute atomic E-state index is 0.0765. The van der Waals surface area contributed by atoms with E-state index in [2.05, 4.69) is 20.5 Å². The van der Waals surface area contributed by atoms with Crippen molar-refractivity contribution in [1.82, 2.24) is 30.3 Å². The second-order valence-electron chi connectivity index (χ2n) is 12.9. The van der Waals surface area contributed by atoms with Gasteiger partial charge >= 0.3 is 18.2 Å². The third kappa shape index (κ3) is 7.67. The molecule has 3 aliphatic rings. The lowest BCUT2D eigenvalue weighted by Crippen LogP contribution is -2.63. The summed E-state index contributed by atoms with van der Waals surface area (Å²) in [6.45, 7) is 2.89. The van der Waals surface area contributed by atoms with Crippen LogP contribution in [0.5, 0.6) is 0 Å². The van der Waals surface area contributed by atoms with Crippen LogP contribution < -0.4 is 5.32 Å². The van der Waals surface area contributed by atoms with Crippen LogP contribution in [0.25, 0.3) is 0 Å². The maximum Gasteiger partial charge on any atom is 0.410 e. The lowest BCUT2D eigenvalue weighted by Gasteiger charge is -2.46. The maximum absolute atomic E-state index is 13.6. The number of β-lactam (4-membered cyclic amide) rings is 1. The molecule has 0 radical (unpaired) electrons. The molecule has 4 N–H and O–H groups in total. The number of nitrogens with one attached hydrogen (secondary N) is 2. The number of benzene rings is 2. The molecular formula is C33H34N8O12S. The number of amides is 3. The fraction of sp³-hybridized carbons (Fsp3) is 0.394. The molecule has 54 heavy (non-hydrogen) atoms. The summed E-state index contributed by atoms with van der Waals surface area (Å²) in [7, 11) is 0. The van der Waals surface area contributed by atoms with Crippen LogP contribution in [0.15, 0.2) is 59.1 Å². The first kappa shape index (κ1) is 37.7. The van der Waals surface area contributed by atoms with Gasteiger partial charge in [0.05, 0.1) is 40.5 Å². The summed E-state index contributed by atoms with van der Waals surface area (Å²) >= 11 is 1.23. The van der Waals surface area contributed by atoms with Crippen molar-refractivity contribution in [2.45, 2.75) is 63.5 Å². The summed E-state index contributed by atoms with van der Waals surface area (Å²) in [6.07, 6.45) is -2.26. The molecule has 2 saturated heterocycles. The molecule has 284 valence electrons. The first-order valence-electron chi connectivity index (χ1n) is 16.6. The molecule has 0 aliphatic carbocycles. The second-order valence-corrected chi connectivity index (χ2v) is 14.2. The fourth-order valence-electron chi connectivity index (χ4n) is 6.74. The zero-order chi connectivity index (χ0) is 38.8. The molecule has 3 amide bonds. The predicted octanol–water partition coefficient (Wildman–Crippen LogP) is 3.39. The normalized spacial score (nSPS) is 22.4. The number of nitro groups is 2. The highest BCUT2D eigenvalue weighted by Gasteiger charge is 2.60. The highest BCUT2D eigenvalue weighted by atomic mass is 32.2. The number of carbonyl (C=O) groups excluding carboxylic acids is 3. The number of H-pyrrole nitrogens is 1. The van der Waals surface area contributed by atoms with E-state index >= 15 is 0 Å². The molecule has 0 bridgehead atoms. The van der Waals surface area contributed by atoms with Gasteiger partial charge in [-0.2, -0.15) is 5.10 Å². The van der Waals surface area contributed by atoms with Crippen molar-refractivity contribution in [1.29, 1.82) is 0 Å². The SMILES string of the molecule is C[C@@H](O)[C@H]1C(=O)N2C(C(=O)O)=C(S[C@H]3C[C@@H](c4n[nH]c(CNC(=O)OCc5ccc([N+](=O)[O-])cc5)n4)N(C(=O)OCc4ccc([N+](=O)[O-])cc4)C3)[C@H](C)[C@H]12. The van der Waals surface area contributed by atoms with Crippen molar-refractivity contribution in [3.63, 3.8) is 0 Å². The van der Waals surface area contributed by atoms with Gasteiger partial charge in [0, 0.05) is 46.9 Å². The zero-order valence-corrected chi connectivity index (χ0v) is 29.5. The maximum atomic E-state index is 13.6. The van der Waals surface area contributed by atoms with E-state index in [0.717, 1.165) is 0 Å². The van der Waals surface area contributed by atoms with Crippen LogP contribution in [0.4, 0.5) is 21.0 Å². The minimum Gasteiger partial charge on any atom is -0.477 e. The number of aliphatic hydroxyl groups excluding tert-OH is 1. The number of ether oxygens (including phenoxy) is 2. The Morgan fingerprint density at radius 3 is 2.19 bits per heavy atom. The first-order valence-corrected chi connectivity index (χ1v) is 17.5. The van der Waals surface area contributed by atoms with Gasteiger partial charge in [-0.05, 0) is 48.7 Å². The number of aliphatic hydroxyl groups is 1. The van der Waals surface area contributed by atoms with Crippen LogP contribution in [0.3, 0.4) is 0 Å². The van der Waals surface area contributed by atoms with E-state index < -0.39 is 69.2 Å². The largest absolute Gasteiger partial charge is 0.477 e. The number of fused-ring (bicyclic) bond motifs is 1. The van der Waals surface area contributed by atoms with Crippen molar-refractivity contribution >= 4 is 47.2 Å². The summed E-state index contributed by atoms with van der Waals surface area (Å²) in [5.74, 6) is -2.49. The molecule has 20 nitrogen and oxygen atoms in total. The van der Waals surface area contributed by atoms with Gasteiger partial charge in [0.1, 0.15) is 24.7 Å². The van der Waals surface area contributed by atoms with Crippen molar-refractivity contribution in [2.75, 3.05) is 6.54 Å². The summed E-state index contributed by atoms with van der Waals surface area (Å²) in [4.78, 5) is 79.5. The number of nitro benzene ring substituents is 2. The third-order valence-corrected chi connectivity index (χ3v) is 10.9. The molecule has 3 aromatic rings. The van der Waals surface area contributed by atoms with Crippen molar-refractivity contribution in [3.8, 4) is 0 Å². The third-order valence-electron chi connectivity index (χ3n) is 9.38. The number of carboxylic acids is 1. The molecule has 6 atom stereocenters. The van der Waals surface area contributed by atoms with Crippen molar-refractivity contribution < 1.29 is 48.7 Å². The molecular weight excluding hydrogens is 732 g/mol. The Morgan fingerprint density at radius 1 is 1.04 bits per heavy atom. The van der Waals surface area contributed by atoms with Gasteiger partial charge in [0.2, 0.25) is 5.91 Å².